The highest BCUT2D eigenvalue weighted by Gasteiger charge is 2.26. The fraction of sp³-hybridized carbons (Fsp3) is 0.0571. The van der Waals surface area contributed by atoms with E-state index in [0.717, 1.165) is 11.1 Å². The predicted octanol–water partition coefficient (Wildman–Crippen LogP) is 5.56. The summed E-state index contributed by atoms with van der Waals surface area (Å²) in [6.45, 7) is 2.15. The van der Waals surface area contributed by atoms with E-state index in [1.165, 1.54) is 26.8 Å². The van der Waals surface area contributed by atoms with Gasteiger partial charge in [-0.2, -0.15) is 9.97 Å². The van der Waals surface area contributed by atoms with Crippen LogP contribution in [0, 0.1) is 0 Å². The lowest BCUT2D eigenvalue weighted by molar-refractivity contribution is 0.861. The van der Waals surface area contributed by atoms with Gasteiger partial charge in [0.25, 0.3) is 0 Å². The molecule has 0 radical (unpaired) electrons. The number of rotatable bonds is 9. The summed E-state index contributed by atoms with van der Waals surface area (Å²) in [5.74, 6) is 0.597. The average Bonchev–Trinajstić information content (AvgIpc) is 3.04. The predicted molar refractivity (Wildman–Crippen MR) is 176 cm³/mol. The van der Waals surface area contributed by atoms with Crippen molar-refractivity contribution >= 4 is 54.1 Å². The molecule has 6 aromatic rings. The second-order valence-electron chi connectivity index (χ2n) is 9.55. The average molecular weight is 569 g/mol. The zero-order valence-electron chi connectivity index (χ0n) is 22.7. The SMILES string of the molecule is C[C@@H](Nc1nc(P(c2ccccc2)c2ccccc2)nc(P(c2ccccc2)c2ccccc2)n1)c1ccccc1. The topological polar surface area (TPSA) is 50.7 Å². The Balaban J connectivity index is 1.54. The summed E-state index contributed by atoms with van der Waals surface area (Å²) < 4.78 is 0. The van der Waals surface area contributed by atoms with E-state index in [-0.39, 0.29) is 6.04 Å². The third-order valence-electron chi connectivity index (χ3n) is 6.71. The standard InChI is InChI=1S/C35H30N4P2/c1-27(28-17-7-2-8-18-28)36-33-37-34(40(29-19-9-3-10-20-29)30-21-11-4-12-22-30)39-35(38-33)41(31-23-13-5-14-24-31)32-25-15-6-16-26-32/h2-27H,1H3,(H,36,37,38,39)/t27-/m1/s1. The van der Waals surface area contributed by atoms with Gasteiger partial charge in [-0.25, -0.2) is 4.98 Å². The van der Waals surface area contributed by atoms with E-state index in [4.69, 9.17) is 15.0 Å². The quantitative estimate of drug-likeness (QED) is 0.232. The van der Waals surface area contributed by atoms with Crippen LogP contribution >= 0.6 is 15.8 Å². The van der Waals surface area contributed by atoms with E-state index in [9.17, 15) is 0 Å². The summed E-state index contributed by atoms with van der Waals surface area (Å²) in [7, 11) is -2.02. The monoisotopic (exact) mass is 568 g/mol. The highest BCUT2D eigenvalue weighted by molar-refractivity contribution is 7.80. The van der Waals surface area contributed by atoms with E-state index >= 15 is 0 Å². The maximum atomic E-state index is 5.32. The van der Waals surface area contributed by atoms with Gasteiger partial charge in [0.05, 0.1) is 6.04 Å². The van der Waals surface area contributed by atoms with Crippen LogP contribution in [0.25, 0.3) is 0 Å². The van der Waals surface area contributed by atoms with Crippen molar-refractivity contribution in [2.75, 3.05) is 5.32 Å². The minimum atomic E-state index is -1.01. The first kappa shape index (κ1) is 27.0. The second-order valence-corrected chi connectivity index (χ2v) is 13.8. The number of nitrogens with one attached hydrogen (secondary N) is 1. The van der Waals surface area contributed by atoms with Crippen molar-refractivity contribution in [2.24, 2.45) is 0 Å². The molecule has 6 rings (SSSR count). The Morgan fingerprint density at radius 1 is 0.439 bits per heavy atom. The number of nitrogens with zero attached hydrogens (tertiary/aromatic N) is 3. The summed E-state index contributed by atoms with van der Waals surface area (Å²) in [5, 5.41) is 8.43. The molecule has 0 spiro atoms. The van der Waals surface area contributed by atoms with Crippen LogP contribution in [0.5, 0.6) is 0 Å². The third-order valence-corrected chi connectivity index (χ3v) is 11.2. The molecule has 1 N–H and O–H groups in total. The Bertz CT molecular complexity index is 1490. The third kappa shape index (κ3) is 6.41. The maximum Gasteiger partial charge on any atom is 0.227 e. The van der Waals surface area contributed by atoms with Crippen molar-refractivity contribution in [3.05, 3.63) is 157 Å². The Morgan fingerprint density at radius 2 is 0.756 bits per heavy atom. The lowest BCUT2D eigenvalue weighted by atomic mass is 10.1. The molecule has 6 heteroatoms. The van der Waals surface area contributed by atoms with Crippen LogP contribution in [-0.4, -0.2) is 15.0 Å². The summed E-state index contributed by atoms with van der Waals surface area (Å²) >= 11 is 0. The van der Waals surface area contributed by atoms with Gasteiger partial charge in [-0.1, -0.05) is 152 Å². The molecule has 0 fully saturated rings. The van der Waals surface area contributed by atoms with Crippen molar-refractivity contribution in [1.82, 2.24) is 15.0 Å². The summed E-state index contributed by atoms with van der Waals surface area (Å²) in [6, 6.07) is 52.8. The van der Waals surface area contributed by atoms with Crippen LogP contribution in [0.1, 0.15) is 18.5 Å². The molecule has 0 aliphatic carbocycles. The van der Waals surface area contributed by atoms with Gasteiger partial charge in [0.1, 0.15) is 0 Å². The molecule has 5 aromatic carbocycles. The summed E-state index contributed by atoms with van der Waals surface area (Å²) in [5.41, 5.74) is 2.77. The number of benzene rings is 5. The molecule has 41 heavy (non-hydrogen) atoms. The highest BCUT2D eigenvalue weighted by atomic mass is 31.1. The first-order valence-electron chi connectivity index (χ1n) is 13.6. The molecular formula is C35H30N4P2. The van der Waals surface area contributed by atoms with E-state index in [1.54, 1.807) is 0 Å². The first-order chi connectivity index (χ1) is 20.3. The van der Waals surface area contributed by atoms with Crippen molar-refractivity contribution in [3.8, 4) is 0 Å². The summed E-state index contributed by atoms with van der Waals surface area (Å²) in [4.78, 5) is 15.6. The Kier molecular flexibility index (Phi) is 8.52. The fourth-order valence-corrected chi connectivity index (χ4v) is 8.96. The van der Waals surface area contributed by atoms with Gasteiger partial charge in [-0.15, -0.1) is 0 Å². The Hall–Kier alpha value is -4.23. The molecule has 0 saturated heterocycles. The molecule has 0 bridgehead atoms. The largest absolute Gasteiger partial charge is 0.348 e. The van der Waals surface area contributed by atoms with Crippen molar-refractivity contribution < 1.29 is 0 Å². The van der Waals surface area contributed by atoms with E-state index in [1.807, 2.05) is 6.07 Å². The minimum absolute atomic E-state index is 0.0265. The molecule has 1 heterocycles. The van der Waals surface area contributed by atoms with Gasteiger partial charge in [-0.05, 0) is 33.7 Å². The van der Waals surface area contributed by atoms with Crippen molar-refractivity contribution in [2.45, 2.75) is 13.0 Å². The number of anilines is 1. The van der Waals surface area contributed by atoms with E-state index in [2.05, 4.69) is 158 Å². The van der Waals surface area contributed by atoms with Gasteiger partial charge in [-0.3, -0.25) is 0 Å². The molecule has 200 valence electrons. The van der Waals surface area contributed by atoms with Gasteiger partial charge in [0.2, 0.25) is 5.95 Å². The maximum absolute atomic E-state index is 5.32. The molecule has 4 nitrogen and oxygen atoms in total. The Labute approximate surface area is 244 Å². The number of hydrogen-bond donors (Lipinski definition) is 1. The van der Waals surface area contributed by atoms with Gasteiger partial charge in [0, 0.05) is 15.8 Å². The van der Waals surface area contributed by atoms with Crippen molar-refractivity contribution in [3.63, 3.8) is 0 Å². The molecule has 0 saturated carbocycles. The molecule has 1 atom stereocenters. The van der Waals surface area contributed by atoms with Gasteiger partial charge >= 0.3 is 0 Å². The normalized spacial score (nSPS) is 11.9. The van der Waals surface area contributed by atoms with Crippen LogP contribution in [0.2, 0.25) is 0 Å². The summed E-state index contributed by atoms with van der Waals surface area (Å²) in [6.07, 6.45) is 0. The van der Waals surface area contributed by atoms with Crippen LogP contribution in [0.3, 0.4) is 0 Å². The zero-order chi connectivity index (χ0) is 27.9. The molecule has 0 aliphatic rings. The molecule has 0 aliphatic heterocycles. The van der Waals surface area contributed by atoms with Crippen LogP contribution in [0.4, 0.5) is 5.95 Å². The number of aromatic nitrogens is 3. The van der Waals surface area contributed by atoms with Crippen LogP contribution < -0.4 is 37.7 Å². The van der Waals surface area contributed by atoms with Gasteiger partial charge < -0.3 is 5.32 Å². The Morgan fingerprint density at radius 3 is 1.10 bits per heavy atom. The lowest BCUT2D eigenvalue weighted by Gasteiger charge is -2.23. The smallest absolute Gasteiger partial charge is 0.227 e. The van der Waals surface area contributed by atoms with Gasteiger partial charge in [0.15, 0.2) is 11.1 Å². The molecule has 0 unspecified atom stereocenters. The molecular weight excluding hydrogens is 538 g/mol. The highest BCUT2D eigenvalue weighted by Crippen LogP contribution is 2.34. The van der Waals surface area contributed by atoms with E-state index in [0.29, 0.717) is 5.95 Å². The lowest BCUT2D eigenvalue weighted by Crippen LogP contribution is -2.35. The molecule has 0 amide bonds. The fourth-order valence-electron chi connectivity index (χ4n) is 4.71. The van der Waals surface area contributed by atoms with Crippen LogP contribution in [-0.2, 0) is 0 Å². The van der Waals surface area contributed by atoms with Crippen molar-refractivity contribution in [1.29, 1.82) is 0 Å². The number of hydrogen-bond acceptors (Lipinski definition) is 4. The zero-order valence-corrected chi connectivity index (χ0v) is 24.5. The van der Waals surface area contributed by atoms with Crippen LogP contribution in [0.15, 0.2) is 152 Å². The minimum Gasteiger partial charge on any atom is -0.348 e. The first-order valence-corrected chi connectivity index (χ1v) is 16.3. The second kappa shape index (κ2) is 13.0. The van der Waals surface area contributed by atoms with E-state index < -0.39 is 15.8 Å². The molecule has 1 aromatic heterocycles.